The van der Waals surface area contributed by atoms with E-state index in [4.69, 9.17) is 4.74 Å². The molecule has 2 aromatic rings. The highest BCUT2D eigenvalue weighted by molar-refractivity contribution is 7.17. The van der Waals surface area contributed by atoms with E-state index in [0.29, 0.717) is 22.7 Å². The molecule has 0 atom stereocenters. The maximum atomic E-state index is 12.9. The largest absolute Gasteiger partial charge is 0.462 e. The van der Waals surface area contributed by atoms with Gasteiger partial charge in [0.05, 0.1) is 12.2 Å². The number of amides is 1. The summed E-state index contributed by atoms with van der Waals surface area (Å²) in [7, 11) is 0. The average molecular weight is 384 g/mol. The van der Waals surface area contributed by atoms with E-state index in [1.165, 1.54) is 40.2 Å². The van der Waals surface area contributed by atoms with Crippen LogP contribution in [0.4, 0.5) is 5.00 Å². The zero-order valence-corrected chi connectivity index (χ0v) is 16.5. The van der Waals surface area contributed by atoms with Gasteiger partial charge in [-0.25, -0.2) is 4.79 Å². The highest BCUT2D eigenvalue weighted by Gasteiger charge is 2.27. The first-order valence-electron chi connectivity index (χ1n) is 9.92. The first-order valence-corrected chi connectivity index (χ1v) is 10.7. The standard InChI is InChI=1S/C22H25NO3S/c1-2-26-22(25)19-17-9-5-6-10-18(17)27-21(19)23-20(24)16-12-11-14-7-3-4-8-15(14)13-16/h11-13H,2-10H2,1H3,(H,23,24). The molecule has 0 spiro atoms. The van der Waals surface area contributed by atoms with E-state index in [1.54, 1.807) is 0 Å². The van der Waals surface area contributed by atoms with Crippen LogP contribution in [0.3, 0.4) is 0 Å². The molecule has 2 aliphatic carbocycles. The number of anilines is 1. The topological polar surface area (TPSA) is 55.4 Å². The van der Waals surface area contributed by atoms with Crippen molar-refractivity contribution in [3.63, 3.8) is 0 Å². The van der Waals surface area contributed by atoms with Crippen LogP contribution in [0.15, 0.2) is 18.2 Å². The molecule has 4 rings (SSSR count). The predicted octanol–water partition coefficient (Wildman–Crippen LogP) is 4.93. The van der Waals surface area contributed by atoms with Crippen molar-refractivity contribution in [1.29, 1.82) is 0 Å². The van der Waals surface area contributed by atoms with Crippen molar-refractivity contribution >= 4 is 28.2 Å². The maximum Gasteiger partial charge on any atom is 0.341 e. The lowest BCUT2D eigenvalue weighted by Gasteiger charge is -2.16. The minimum absolute atomic E-state index is 0.146. The molecule has 1 N–H and O–H groups in total. The van der Waals surface area contributed by atoms with Crippen LogP contribution in [0, 0.1) is 0 Å². The van der Waals surface area contributed by atoms with Gasteiger partial charge in [-0.3, -0.25) is 4.79 Å². The summed E-state index contributed by atoms with van der Waals surface area (Å²) in [5.74, 6) is -0.467. The zero-order chi connectivity index (χ0) is 18.8. The van der Waals surface area contributed by atoms with Gasteiger partial charge in [-0.05, 0) is 87.1 Å². The molecule has 0 bridgehead atoms. The highest BCUT2D eigenvalue weighted by atomic mass is 32.1. The Kier molecular flexibility index (Phi) is 5.30. The zero-order valence-electron chi connectivity index (χ0n) is 15.7. The van der Waals surface area contributed by atoms with Crippen LogP contribution in [-0.4, -0.2) is 18.5 Å². The van der Waals surface area contributed by atoms with E-state index in [9.17, 15) is 9.59 Å². The second-order valence-electron chi connectivity index (χ2n) is 7.28. The summed E-state index contributed by atoms with van der Waals surface area (Å²) < 4.78 is 5.27. The maximum absolute atomic E-state index is 12.9. The van der Waals surface area contributed by atoms with E-state index < -0.39 is 0 Å². The van der Waals surface area contributed by atoms with Crippen LogP contribution in [0.25, 0.3) is 0 Å². The molecule has 0 fully saturated rings. The Balaban J connectivity index is 1.63. The number of aryl methyl sites for hydroxylation is 3. The third-order valence-corrected chi connectivity index (χ3v) is 6.70. The Hall–Kier alpha value is -2.14. The van der Waals surface area contributed by atoms with E-state index in [2.05, 4.69) is 11.4 Å². The number of ether oxygens (including phenoxy) is 1. The van der Waals surface area contributed by atoms with Crippen LogP contribution < -0.4 is 5.32 Å². The summed E-state index contributed by atoms with van der Waals surface area (Å²) in [4.78, 5) is 26.6. The fourth-order valence-electron chi connectivity index (χ4n) is 4.12. The summed E-state index contributed by atoms with van der Waals surface area (Å²) in [5, 5.41) is 3.65. The van der Waals surface area contributed by atoms with Gasteiger partial charge in [0.15, 0.2) is 0 Å². The molecule has 0 saturated heterocycles. The van der Waals surface area contributed by atoms with Gasteiger partial charge in [-0.1, -0.05) is 6.07 Å². The van der Waals surface area contributed by atoms with Crippen LogP contribution in [0.1, 0.15) is 74.9 Å². The first kappa shape index (κ1) is 18.2. The number of carbonyl (C=O) groups is 2. The molecule has 0 radical (unpaired) electrons. The Morgan fingerprint density at radius 2 is 1.78 bits per heavy atom. The summed E-state index contributed by atoms with van der Waals surface area (Å²) in [6, 6.07) is 5.99. The molecule has 1 amide bonds. The third kappa shape index (κ3) is 3.65. The number of carbonyl (C=O) groups excluding carboxylic acids is 2. The van der Waals surface area contributed by atoms with Gasteiger partial charge in [0.2, 0.25) is 0 Å². The number of hydrogen-bond donors (Lipinski definition) is 1. The summed E-state index contributed by atoms with van der Waals surface area (Å²) in [6.45, 7) is 2.14. The lowest BCUT2D eigenvalue weighted by Crippen LogP contribution is -2.16. The molecule has 1 heterocycles. The summed E-state index contributed by atoms with van der Waals surface area (Å²) >= 11 is 1.54. The van der Waals surface area contributed by atoms with Gasteiger partial charge in [0.25, 0.3) is 5.91 Å². The molecule has 1 aromatic carbocycles. The van der Waals surface area contributed by atoms with Gasteiger partial charge in [0, 0.05) is 10.4 Å². The molecule has 2 aliphatic rings. The first-order chi connectivity index (χ1) is 13.2. The van der Waals surface area contributed by atoms with Gasteiger partial charge in [-0.2, -0.15) is 0 Å². The van der Waals surface area contributed by atoms with Crippen LogP contribution in [0.5, 0.6) is 0 Å². The number of nitrogens with one attached hydrogen (secondary N) is 1. The molecule has 5 heteroatoms. The van der Waals surface area contributed by atoms with Crippen LogP contribution in [-0.2, 0) is 30.4 Å². The Labute approximate surface area is 163 Å². The smallest absolute Gasteiger partial charge is 0.341 e. The normalized spacial score (nSPS) is 15.6. The van der Waals surface area contributed by atoms with Gasteiger partial charge >= 0.3 is 5.97 Å². The number of fused-ring (bicyclic) bond motifs is 2. The number of thiophene rings is 1. The minimum atomic E-state index is -0.322. The lowest BCUT2D eigenvalue weighted by molar-refractivity contribution is 0.0526. The summed E-state index contributed by atoms with van der Waals surface area (Å²) in [5.41, 5.74) is 4.95. The molecule has 0 aliphatic heterocycles. The molecule has 27 heavy (non-hydrogen) atoms. The molecule has 0 saturated carbocycles. The number of rotatable bonds is 4. The van der Waals surface area contributed by atoms with Gasteiger partial charge in [-0.15, -0.1) is 11.3 Å². The van der Waals surface area contributed by atoms with Crippen molar-refractivity contribution in [3.8, 4) is 0 Å². The average Bonchev–Trinajstić information content (AvgIpc) is 3.05. The van der Waals surface area contributed by atoms with Crippen molar-refractivity contribution in [3.05, 3.63) is 50.9 Å². The van der Waals surface area contributed by atoms with Crippen molar-refractivity contribution in [2.45, 2.75) is 58.3 Å². The van der Waals surface area contributed by atoms with Crippen molar-refractivity contribution < 1.29 is 14.3 Å². The molecular weight excluding hydrogens is 358 g/mol. The van der Waals surface area contributed by atoms with Gasteiger partial charge < -0.3 is 10.1 Å². The number of benzene rings is 1. The second kappa shape index (κ2) is 7.85. The monoisotopic (exact) mass is 383 g/mol. The Morgan fingerprint density at radius 3 is 2.59 bits per heavy atom. The SMILES string of the molecule is CCOC(=O)c1c(NC(=O)c2ccc3c(c2)CCCC3)sc2c1CCCC2. The molecular formula is C22H25NO3S. The second-order valence-corrected chi connectivity index (χ2v) is 8.39. The van der Waals surface area contributed by atoms with Crippen molar-refractivity contribution in [2.75, 3.05) is 11.9 Å². The fourth-order valence-corrected chi connectivity index (χ4v) is 5.40. The third-order valence-electron chi connectivity index (χ3n) is 5.49. The minimum Gasteiger partial charge on any atom is -0.462 e. The molecule has 4 nitrogen and oxygen atoms in total. The van der Waals surface area contributed by atoms with Gasteiger partial charge in [0.1, 0.15) is 5.00 Å². The van der Waals surface area contributed by atoms with Crippen molar-refractivity contribution in [2.24, 2.45) is 0 Å². The molecule has 0 unspecified atom stereocenters. The number of esters is 1. The van der Waals surface area contributed by atoms with Crippen LogP contribution >= 0.6 is 11.3 Å². The van der Waals surface area contributed by atoms with E-state index in [-0.39, 0.29) is 11.9 Å². The predicted molar refractivity (Wildman–Crippen MR) is 108 cm³/mol. The van der Waals surface area contributed by atoms with E-state index in [1.807, 2.05) is 19.1 Å². The summed E-state index contributed by atoms with van der Waals surface area (Å²) in [6.07, 6.45) is 8.61. The van der Waals surface area contributed by atoms with Crippen molar-refractivity contribution in [1.82, 2.24) is 0 Å². The van der Waals surface area contributed by atoms with E-state index >= 15 is 0 Å². The fraction of sp³-hybridized carbons (Fsp3) is 0.455. The van der Waals surface area contributed by atoms with E-state index in [0.717, 1.165) is 44.1 Å². The Morgan fingerprint density at radius 1 is 1.04 bits per heavy atom. The highest BCUT2D eigenvalue weighted by Crippen LogP contribution is 2.39. The molecule has 142 valence electrons. The van der Waals surface area contributed by atoms with Crippen LogP contribution in [0.2, 0.25) is 0 Å². The quantitative estimate of drug-likeness (QED) is 0.761. The number of hydrogen-bond acceptors (Lipinski definition) is 4. The lowest BCUT2D eigenvalue weighted by atomic mass is 9.90. The Bertz CT molecular complexity index is 884. The molecule has 1 aromatic heterocycles.